The van der Waals surface area contributed by atoms with Crippen LogP contribution in [-0.2, 0) is 16.0 Å². The van der Waals surface area contributed by atoms with Crippen molar-refractivity contribution in [3.8, 4) is 0 Å². The predicted molar refractivity (Wildman–Crippen MR) is 55.8 cm³/mol. The van der Waals surface area contributed by atoms with Crippen molar-refractivity contribution in [1.82, 2.24) is 0 Å². The van der Waals surface area contributed by atoms with Crippen LogP contribution in [0.4, 0.5) is 8.78 Å². The second-order valence-electron chi connectivity index (χ2n) is 3.09. The highest BCUT2D eigenvalue weighted by Crippen LogP contribution is 2.20. The Morgan fingerprint density at radius 2 is 2.00 bits per heavy atom. The molecule has 1 unspecified atom stereocenters. The average molecular weight is 295 g/mol. The Morgan fingerprint density at radius 3 is 2.44 bits per heavy atom. The van der Waals surface area contributed by atoms with Crippen LogP contribution in [0.3, 0.4) is 0 Å². The molecule has 1 rings (SSSR count). The van der Waals surface area contributed by atoms with E-state index in [1.807, 2.05) is 0 Å². The Morgan fingerprint density at radius 1 is 1.50 bits per heavy atom. The predicted octanol–water partition coefficient (Wildman–Crippen LogP) is 1.80. The lowest BCUT2D eigenvalue weighted by atomic mass is 10.1. The fourth-order valence-electron chi connectivity index (χ4n) is 1.18. The lowest BCUT2D eigenvalue weighted by Gasteiger charge is -2.10. The number of aliphatic hydroxyl groups excluding tert-OH is 1. The quantitative estimate of drug-likeness (QED) is 0.865. The fraction of sp³-hybridized carbons (Fsp3) is 0.300. The summed E-state index contributed by atoms with van der Waals surface area (Å²) < 4.78 is 31.1. The molecule has 0 aliphatic carbocycles. The summed E-state index contributed by atoms with van der Waals surface area (Å²) in [4.78, 5) is 10.9. The van der Waals surface area contributed by atoms with Gasteiger partial charge in [-0.1, -0.05) is 15.9 Å². The number of halogens is 3. The Kier molecular flexibility index (Phi) is 4.37. The number of carbonyl (C=O) groups is 1. The van der Waals surface area contributed by atoms with Crippen molar-refractivity contribution < 1.29 is 23.4 Å². The van der Waals surface area contributed by atoms with Crippen LogP contribution < -0.4 is 0 Å². The summed E-state index contributed by atoms with van der Waals surface area (Å²) in [6.45, 7) is 0. The van der Waals surface area contributed by atoms with Crippen LogP contribution in [0.5, 0.6) is 0 Å². The molecule has 0 saturated carbocycles. The zero-order valence-corrected chi connectivity index (χ0v) is 9.92. The molecule has 1 aromatic rings. The molecule has 16 heavy (non-hydrogen) atoms. The van der Waals surface area contributed by atoms with Gasteiger partial charge in [0.15, 0.2) is 6.10 Å². The lowest BCUT2D eigenvalue weighted by molar-refractivity contribution is -0.150. The van der Waals surface area contributed by atoms with E-state index < -0.39 is 30.1 Å². The van der Waals surface area contributed by atoms with E-state index in [0.29, 0.717) is 0 Å². The number of benzene rings is 1. The van der Waals surface area contributed by atoms with E-state index in [9.17, 15) is 18.7 Å². The summed E-state index contributed by atoms with van der Waals surface area (Å²) in [7, 11) is 1.08. The molecule has 0 amide bonds. The summed E-state index contributed by atoms with van der Waals surface area (Å²) in [6, 6.07) is 2.12. The molecule has 1 aromatic carbocycles. The van der Waals surface area contributed by atoms with Gasteiger partial charge in [0.1, 0.15) is 11.6 Å². The SMILES string of the molecule is COC(=O)C(O)Cc1c(F)cc(Br)cc1F. The van der Waals surface area contributed by atoms with Crippen LogP contribution in [0.15, 0.2) is 16.6 Å². The summed E-state index contributed by atoms with van der Waals surface area (Å²) in [5, 5.41) is 9.27. The van der Waals surface area contributed by atoms with Crippen LogP contribution in [0.1, 0.15) is 5.56 Å². The molecule has 6 heteroatoms. The molecule has 0 spiro atoms. The zero-order chi connectivity index (χ0) is 12.3. The summed E-state index contributed by atoms with van der Waals surface area (Å²) >= 11 is 2.92. The first-order valence-electron chi connectivity index (χ1n) is 4.35. The smallest absolute Gasteiger partial charge is 0.335 e. The number of hydrogen-bond donors (Lipinski definition) is 1. The van der Waals surface area contributed by atoms with E-state index in [1.54, 1.807) is 0 Å². The molecule has 88 valence electrons. The molecule has 0 fully saturated rings. The lowest BCUT2D eigenvalue weighted by Crippen LogP contribution is -2.25. The van der Waals surface area contributed by atoms with Crippen molar-refractivity contribution in [2.24, 2.45) is 0 Å². The van der Waals surface area contributed by atoms with Crippen LogP contribution in [0.25, 0.3) is 0 Å². The number of aliphatic hydroxyl groups is 1. The van der Waals surface area contributed by atoms with E-state index in [-0.39, 0.29) is 10.0 Å². The topological polar surface area (TPSA) is 46.5 Å². The van der Waals surface area contributed by atoms with Gasteiger partial charge in [-0.25, -0.2) is 13.6 Å². The summed E-state index contributed by atoms with van der Waals surface area (Å²) in [5.74, 6) is -2.58. The first kappa shape index (κ1) is 13.1. The molecule has 0 saturated heterocycles. The van der Waals surface area contributed by atoms with Gasteiger partial charge in [-0.15, -0.1) is 0 Å². The van der Waals surface area contributed by atoms with Gasteiger partial charge < -0.3 is 9.84 Å². The largest absolute Gasteiger partial charge is 0.467 e. The second kappa shape index (κ2) is 5.36. The monoisotopic (exact) mass is 294 g/mol. The van der Waals surface area contributed by atoms with Gasteiger partial charge in [-0.05, 0) is 12.1 Å². The van der Waals surface area contributed by atoms with Crippen LogP contribution in [0, 0.1) is 11.6 Å². The van der Waals surface area contributed by atoms with Gasteiger partial charge in [0.25, 0.3) is 0 Å². The number of ether oxygens (including phenoxy) is 1. The molecule has 1 N–H and O–H groups in total. The average Bonchev–Trinajstić information content (AvgIpc) is 2.21. The molecule has 0 aliphatic heterocycles. The van der Waals surface area contributed by atoms with Crippen LogP contribution in [-0.4, -0.2) is 24.3 Å². The van der Waals surface area contributed by atoms with Crippen molar-refractivity contribution in [1.29, 1.82) is 0 Å². The molecule has 0 aliphatic rings. The minimum atomic E-state index is -1.57. The van der Waals surface area contributed by atoms with Crippen molar-refractivity contribution in [2.45, 2.75) is 12.5 Å². The van der Waals surface area contributed by atoms with Crippen molar-refractivity contribution in [2.75, 3.05) is 7.11 Å². The van der Waals surface area contributed by atoms with E-state index in [2.05, 4.69) is 20.7 Å². The molecule has 0 aromatic heterocycles. The molecular weight excluding hydrogens is 286 g/mol. The highest BCUT2D eigenvalue weighted by Gasteiger charge is 2.20. The van der Waals surface area contributed by atoms with Gasteiger partial charge >= 0.3 is 5.97 Å². The molecular formula is C10H9BrF2O3. The highest BCUT2D eigenvalue weighted by molar-refractivity contribution is 9.10. The third-order valence-corrected chi connectivity index (χ3v) is 2.43. The Bertz CT molecular complexity index is 386. The minimum Gasteiger partial charge on any atom is -0.467 e. The first-order chi connectivity index (χ1) is 7.45. The molecule has 0 heterocycles. The molecule has 3 nitrogen and oxygen atoms in total. The maximum atomic E-state index is 13.3. The second-order valence-corrected chi connectivity index (χ2v) is 4.01. The number of rotatable bonds is 3. The van der Waals surface area contributed by atoms with Gasteiger partial charge in [0.05, 0.1) is 7.11 Å². The maximum absolute atomic E-state index is 13.3. The van der Waals surface area contributed by atoms with Crippen molar-refractivity contribution >= 4 is 21.9 Å². The highest BCUT2D eigenvalue weighted by atomic mass is 79.9. The summed E-state index contributed by atoms with van der Waals surface area (Å²) in [5.41, 5.74) is -0.346. The van der Waals surface area contributed by atoms with Gasteiger partial charge in [-0.2, -0.15) is 0 Å². The summed E-state index contributed by atoms with van der Waals surface area (Å²) in [6.07, 6.45) is -2.03. The fourth-order valence-corrected chi connectivity index (χ4v) is 1.58. The number of carbonyl (C=O) groups excluding carboxylic acids is 1. The Hall–Kier alpha value is -1.01. The first-order valence-corrected chi connectivity index (χ1v) is 5.14. The molecule has 1 atom stereocenters. The Balaban J connectivity index is 2.93. The van der Waals surface area contributed by atoms with Crippen molar-refractivity contribution in [3.63, 3.8) is 0 Å². The van der Waals surface area contributed by atoms with Gasteiger partial charge in [-0.3, -0.25) is 0 Å². The Labute approximate surface area is 99.2 Å². The van der Waals surface area contributed by atoms with Gasteiger partial charge in [0, 0.05) is 16.5 Å². The standard InChI is InChI=1S/C10H9BrF2O3/c1-16-10(15)9(14)4-6-7(12)2-5(11)3-8(6)13/h2-3,9,14H,4H2,1H3. The molecule has 0 radical (unpaired) electrons. The molecule has 0 bridgehead atoms. The van der Waals surface area contributed by atoms with Crippen LogP contribution >= 0.6 is 15.9 Å². The third kappa shape index (κ3) is 2.99. The van der Waals surface area contributed by atoms with E-state index in [1.165, 1.54) is 0 Å². The normalized spacial score (nSPS) is 12.3. The van der Waals surface area contributed by atoms with E-state index in [4.69, 9.17) is 0 Å². The number of methoxy groups -OCH3 is 1. The minimum absolute atomic E-state index is 0.249. The maximum Gasteiger partial charge on any atom is 0.335 e. The number of hydrogen-bond acceptors (Lipinski definition) is 3. The zero-order valence-electron chi connectivity index (χ0n) is 8.34. The van der Waals surface area contributed by atoms with Crippen molar-refractivity contribution in [3.05, 3.63) is 33.8 Å². The third-order valence-electron chi connectivity index (χ3n) is 1.98. The van der Waals surface area contributed by atoms with E-state index in [0.717, 1.165) is 19.2 Å². The van der Waals surface area contributed by atoms with E-state index >= 15 is 0 Å². The number of esters is 1. The van der Waals surface area contributed by atoms with Crippen LogP contribution in [0.2, 0.25) is 0 Å². The van der Waals surface area contributed by atoms with Gasteiger partial charge in [0.2, 0.25) is 0 Å².